The Morgan fingerprint density at radius 3 is 1.97 bits per heavy atom. The van der Waals surface area contributed by atoms with Gasteiger partial charge < -0.3 is 25.5 Å². The summed E-state index contributed by atoms with van der Waals surface area (Å²) in [6.07, 6.45) is 0. The van der Waals surface area contributed by atoms with Crippen molar-refractivity contribution in [3.8, 4) is 11.5 Å². The summed E-state index contributed by atoms with van der Waals surface area (Å²) in [5.74, 6) is -1.80. The summed E-state index contributed by atoms with van der Waals surface area (Å²) in [5.41, 5.74) is 8.87. The van der Waals surface area contributed by atoms with E-state index in [1.54, 1.807) is 12.1 Å². The van der Waals surface area contributed by atoms with Gasteiger partial charge in [0.15, 0.2) is 0 Å². The number of carbonyl (C=O) groups is 1. The van der Waals surface area contributed by atoms with Crippen LogP contribution in [-0.2, 0) is 0 Å². The zero-order chi connectivity index (χ0) is 26.4. The van der Waals surface area contributed by atoms with Crippen molar-refractivity contribution in [3.05, 3.63) is 119 Å². The molecule has 0 aliphatic rings. The number of hydrogen-bond acceptors (Lipinski definition) is 7. The summed E-state index contributed by atoms with van der Waals surface area (Å²) in [5, 5.41) is 29.1. The second-order valence-electron chi connectivity index (χ2n) is 7.86. The van der Waals surface area contributed by atoms with Gasteiger partial charge in [0.25, 0.3) is 0 Å². The number of aromatic carboxylic acids is 1. The number of fused-ring (bicyclic) bond motifs is 3. The van der Waals surface area contributed by atoms with Gasteiger partial charge in [-0.3, -0.25) is 0 Å². The average Bonchev–Trinajstić information content (AvgIpc) is 2.91. The van der Waals surface area contributed by atoms with Crippen molar-refractivity contribution < 1.29 is 24.5 Å². The lowest BCUT2D eigenvalue weighted by atomic mass is 10.1. The van der Waals surface area contributed by atoms with Gasteiger partial charge >= 0.3 is 11.6 Å². The van der Waals surface area contributed by atoms with E-state index in [9.17, 15) is 9.59 Å². The maximum Gasteiger partial charge on any atom is 0.339 e. The van der Waals surface area contributed by atoms with Gasteiger partial charge in [-0.1, -0.05) is 54.6 Å². The summed E-state index contributed by atoms with van der Waals surface area (Å²) < 4.78 is 4.91. The summed E-state index contributed by atoms with van der Waals surface area (Å²) in [6, 6.07) is 29.8. The van der Waals surface area contributed by atoms with Crippen molar-refractivity contribution >= 4 is 44.4 Å². The number of hydrogen-bond donors (Lipinski definition) is 4. The quantitative estimate of drug-likeness (QED) is 0.132. The summed E-state index contributed by atoms with van der Waals surface area (Å²) in [7, 11) is 0. The molecular formula is C29H22N2O6. The van der Waals surface area contributed by atoms with Crippen LogP contribution in [0.4, 0.5) is 5.69 Å². The van der Waals surface area contributed by atoms with Crippen LogP contribution < -0.4 is 11.4 Å². The van der Waals surface area contributed by atoms with Crippen molar-refractivity contribution in [1.82, 2.24) is 4.98 Å². The summed E-state index contributed by atoms with van der Waals surface area (Å²) in [4.78, 5) is 25.6. The first kappa shape index (κ1) is 24.7. The van der Waals surface area contributed by atoms with Gasteiger partial charge in [-0.15, -0.1) is 0 Å². The minimum Gasteiger partial charge on any atom is -0.508 e. The van der Waals surface area contributed by atoms with Crippen LogP contribution in [0.3, 0.4) is 0 Å². The Labute approximate surface area is 210 Å². The maximum absolute atomic E-state index is 10.7. The van der Waals surface area contributed by atoms with Crippen LogP contribution in [-0.4, -0.2) is 26.3 Å². The first-order chi connectivity index (χ1) is 17.8. The molecule has 0 spiro atoms. The SMILES string of the molecule is Nc1c2ccccc2nc2ccccc12.O=C(O)c1cc(O)ccc1O.O=c1ccc2ccccc2o1. The minimum absolute atomic E-state index is 0.180. The molecule has 0 saturated carbocycles. The zero-order valence-corrected chi connectivity index (χ0v) is 19.4. The number of nitrogens with zero attached hydrogens (tertiary/aromatic N) is 1. The topological polar surface area (TPSA) is 147 Å². The van der Waals surface area contributed by atoms with Crippen molar-refractivity contribution in [2.75, 3.05) is 5.73 Å². The van der Waals surface area contributed by atoms with Crippen molar-refractivity contribution in [2.24, 2.45) is 0 Å². The molecule has 2 heterocycles. The third-order valence-corrected chi connectivity index (χ3v) is 5.37. The molecule has 0 atom stereocenters. The second-order valence-corrected chi connectivity index (χ2v) is 7.86. The van der Waals surface area contributed by atoms with Crippen LogP contribution in [0, 0.1) is 0 Å². The van der Waals surface area contributed by atoms with Gasteiger partial charge in [0, 0.05) is 22.2 Å². The normalized spacial score (nSPS) is 10.3. The Kier molecular flexibility index (Phi) is 7.30. The number of aromatic nitrogens is 1. The van der Waals surface area contributed by atoms with Crippen molar-refractivity contribution in [3.63, 3.8) is 0 Å². The fraction of sp³-hybridized carbons (Fsp3) is 0. The molecule has 0 aliphatic carbocycles. The third kappa shape index (κ3) is 5.83. The molecule has 8 nitrogen and oxygen atoms in total. The molecule has 6 aromatic rings. The number of pyridine rings is 1. The molecule has 0 fully saturated rings. The predicted molar refractivity (Wildman–Crippen MR) is 143 cm³/mol. The smallest absolute Gasteiger partial charge is 0.339 e. The summed E-state index contributed by atoms with van der Waals surface area (Å²) in [6.45, 7) is 0. The number of rotatable bonds is 1. The van der Waals surface area contributed by atoms with E-state index in [1.807, 2.05) is 66.7 Å². The van der Waals surface area contributed by atoms with E-state index >= 15 is 0 Å². The Bertz CT molecular complexity index is 1720. The van der Waals surface area contributed by atoms with Gasteiger partial charge in [0.05, 0.1) is 16.7 Å². The standard InChI is InChI=1S/C13H10N2.C9H6O2.C7H6O4/c14-13-9-5-1-3-7-11(9)15-12-8-4-2-6-10(12)13;10-9-6-5-7-3-1-2-4-8(7)11-9;8-4-1-2-6(9)5(3-4)7(10)11/h1-8H,(H2,14,15);1-6H;1-3,8-9H,(H,10,11). The largest absolute Gasteiger partial charge is 0.508 e. The summed E-state index contributed by atoms with van der Waals surface area (Å²) >= 11 is 0. The van der Waals surface area contributed by atoms with Gasteiger partial charge in [-0.05, 0) is 42.5 Å². The molecule has 8 heteroatoms. The lowest BCUT2D eigenvalue weighted by molar-refractivity contribution is 0.0693. The highest BCUT2D eigenvalue weighted by Crippen LogP contribution is 2.27. The van der Waals surface area contributed by atoms with Gasteiger partial charge in [-0.2, -0.15) is 0 Å². The van der Waals surface area contributed by atoms with Crippen LogP contribution in [0.15, 0.2) is 112 Å². The molecule has 5 N–H and O–H groups in total. The molecule has 0 unspecified atom stereocenters. The van der Waals surface area contributed by atoms with E-state index in [1.165, 1.54) is 12.1 Å². The second kappa shape index (κ2) is 10.9. The van der Waals surface area contributed by atoms with Crippen LogP contribution >= 0.6 is 0 Å². The Hall–Kier alpha value is -5.37. The van der Waals surface area contributed by atoms with Crippen LogP contribution in [0.1, 0.15) is 10.4 Å². The van der Waals surface area contributed by atoms with Crippen LogP contribution in [0.2, 0.25) is 0 Å². The molecular weight excluding hydrogens is 472 g/mol. The van der Waals surface area contributed by atoms with E-state index in [0.29, 0.717) is 5.58 Å². The van der Waals surface area contributed by atoms with Gasteiger partial charge in [0.2, 0.25) is 0 Å². The van der Waals surface area contributed by atoms with E-state index in [-0.39, 0.29) is 22.7 Å². The van der Waals surface area contributed by atoms with E-state index in [4.69, 9.17) is 25.5 Å². The lowest BCUT2D eigenvalue weighted by Gasteiger charge is -2.05. The Morgan fingerprint density at radius 1 is 0.757 bits per heavy atom. The van der Waals surface area contributed by atoms with Gasteiger partial charge in [0.1, 0.15) is 22.6 Å². The molecule has 6 rings (SSSR count). The number of phenols is 2. The number of carboxylic acid groups (broad SMARTS) is 1. The number of aromatic hydroxyl groups is 2. The molecule has 184 valence electrons. The monoisotopic (exact) mass is 494 g/mol. The fourth-order valence-corrected chi connectivity index (χ4v) is 3.58. The highest BCUT2D eigenvalue weighted by Gasteiger charge is 2.09. The van der Waals surface area contributed by atoms with Gasteiger partial charge in [-0.25, -0.2) is 14.6 Å². The molecule has 2 aromatic heterocycles. The molecule has 0 saturated heterocycles. The first-order valence-corrected chi connectivity index (χ1v) is 11.1. The number of benzene rings is 4. The number of nitrogen functional groups attached to an aromatic ring is 1. The maximum atomic E-state index is 10.7. The van der Waals surface area contributed by atoms with Crippen molar-refractivity contribution in [2.45, 2.75) is 0 Å². The predicted octanol–water partition coefficient (Wildman–Crippen LogP) is 5.56. The Balaban J connectivity index is 0.000000133. The fourth-order valence-electron chi connectivity index (χ4n) is 3.58. The number of anilines is 1. The molecule has 0 aliphatic heterocycles. The Morgan fingerprint density at radius 2 is 1.35 bits per heavy atom. The highest BCUT2D eigenvalue weighted by molar-refractivity contribution is 6.06. The molecule has 0 amide bonds. The highest BCUT2D eigenvalue weighted by atomic mass is 16.4. The van der Waals surface area contributed by atoms with Crippen LogP contribution in [0.25, 0.3) is 32.8 Å². The first-order valence-electron chi connectivity index (χ1n) is 11.1. The van der Waals surface area contributed by atoms with E-state index < -0.39 is 5.97 Å². The van der Waals surface area contributed by atoms with E-state index in [0.717, 1.165) is 45.0 Å². The number of para-hydroxylation sites is 3. The third-order valence-electron chi connectivity index (χ3n) is 5.37. The van der Waals surface area contributed by atoms with Crippen molar-refractivity contribution in [1.29, 1.82) is 0 Å². The van der Waals surface area contributed by atoms with Crippen LogP contribution in [0.5, 0.6) is 11.5 Å². The molecule has 0 bridgehead atoms. The molecule has 37 heavy (non-hydrogen) atoms. The molecule has 4 aromatic carbocycles. The average molecular weight is 495 g/mol. The lowest BCUT2D eigenvalue weighted by Crippen LogP contribution is -1.95. The molecule has 0 radical (unpaired) electrons. The van der Waals surface area contributed by atoms with E-state index in [2.05, 4.69) is 4.98 Å². The zero-order valence-electron chi connectivity index (χ0n) is 19.4. The number of nitrogens with two attached hydrogens (primary N) is 1. The number of carboxylic acids is 1. The number of phenolic OH excluding ortho intramolecular Hbond substituents is 1. The minimum atomic E-state index is -1.27.